The van der Waals surface area contributed by atoms with Crippen LogP contribution in [-0.2, 0) is 18.4 Å². The van der Waals surface area contributed by atoms with E-state index < -0.39 is 75.2 Å². The van der Waals surface area contributed by atoms with Gasteiger partial charge in [-0.3, -0.25) is 13.8 Å². The van der Waals surface area contributed by atoms with Crippen molar-refractivity contribution in [1.82, 2.24) is 5.32 Å². The summed E-state index contributed by atoms with van der Waals surface area (Å²) >= 11 is 0. The molecular weight excluding hydrogens is 693 g/mol. The maximum absolute atomic E-state index is 12.9. The highest BCUT2D eigenvalue weighted by atomic mass is 31.2. The summed E-state index contributed by atoms with van der Waals surface area (Å²) in [5.41, 5.74) is 0. The summed E-state index contributed by atoms with van der Waals surface area (Å²) in [6.07, 6.45) is 13.0. The molecule has 14 heteroatoms. The van der Waals surface area contributed by atoms with Crippen molar-refractivity contribution in [2.75, 3.05) is 6.61 Å². The summed E-state index contributed by atoms with van der Waals surface area (Å²) < 4.78 is 22.7. The summed E-state index contributed by atoms with van der Waals surface area (Å²) in [6, 6.07) is -1.15. The molecule has 1 amide bonds. The van der Waals surface area contributed by atoms with Crippen LogP contribution in [0.15, 0.2) is 12.2 Å². The fraction of sp³-hybridized carbons (Fsp3) is 0.921. The number of phosphoric acid groups is 1. The number of carbonyl (C=O) groups excluding carboxylic acids is 1. The van der Waals surface area contributed by atoms with Crippen molar-refractivity contribution < 1.29 is 59.0 Å². The summed E-state index contributed by atoms with van der Waals surface area (Å²) in [5, 5.41) is 74.1. The van der Waals surface area contributed by atoms with Gasteiger partial charge in [0.25, 0.3) is 0 Å². The molecule has 9 N–H and O–H groups in total. The van der Waals surface area contributed by atoms with Gasteiger partial charge in [0.15, 0.2) is 0 Å². The fourth-order valence-corrected chi connectivity index (χ4v) is 7.44. The third kappa shape index (κ3) is 21.8. The number of hydrogen-bond donors (Lipinski definition) is 9. The van der Waals surface area contributed by atoms with Gasteiger partial charge < -0.3 is 46.0 Å². The van der Waals surface area contributed by atoms with Gasteiger partial charge in [-0.25, -0.2) is 4.57 Å². The molecule has 0 aromatic carbocycles. The van der Waals surface area contributed by atoms with E-state index in [4.69, 9.17) is 9.05 Å². The van der Waals surface area contributed by atoms with Gasteiger partial charge in [0.05, 0.1) is 31.3 Å². The van der Waals surface area contributed by atoms with E-state index in [2.05, 4.69) is 31.3 Å². The molecule has 8 atom stereocenters. The standard InChI is InChI=1S/C38H74NO12P/c1-3-5-7-9-11-13-14-15-16-17-18-19-21-23-25-29(40)27-32(42)39-30(31(41)26-24-22-20-12-10-8-6-4-2)28-50-52(48,49)51-38-36(46)34(44)33(43)35(45)37(38)47/h16-17,29-31,33-38,40-41,43-47H,3-15,18-28H2,1-2H3,(H,39,42)(H,48,49)/b17-16-. The van der Waals surface area contributed by atoms with Crippen LogP contribution in [0, 0.1) is 0 Å². The van der Waals surface area contributed by atoms with Crippen molar-refractivity contribution in [1.29, 1.82) is 0 Å². The van der Waals surface area contributed by atoms with Crippen molar-refractivity contribution in [2.24, 2.45) is 0 Å². The van der Waals surface area contributed by atoms with Crippen molar-refractivity contribution in [3.8, 4) is 0 Å². The Labute approximate surface area is 312 Å². The molecule has 0 aromatic heterocycles. The summed E-state index contributed by atoms with van der Waals surface area (Å²) in [5.74, 6) is -0.573. The summed E-state index contributed by atoms with van der Waals surface area (Å²) in [4.78, 5) is 23.3. The van der Waals surface area contributed by atoms with Crippen LogP contribution in [0.25, 0.3) is 0 Å². The summed E-state index contributed by atoms with van der Waals surface area (Å²) in [6.45, 7) is 3.70. The molecule has 0 spiro atoms. The van der Waals surface area contributed by atoms with Gasteiger partial charge in [-0.15, -0.1) is 0 Å². The van der Waals surface area contributed by atoms with Crippen molar-refractivity contribution in [3.63, 3.8) is 0 Å². The van der Waals surface area contributed by atoms with Crippen molar-refractivity contribution in [2.45, 2.75) is 216 Å². The molecule has 0 heterocycles. The maximum Gasteiger partial charge on any atom is 0.472 e. The molecule has 52 heavy (non-hydrogen) atoms. The molecule has 1 saturated carbocycles. The molecule has 8 unspecified atom stereocenters. The molecule has 0 aromatic rings. The van der Waals surface area contributed by atoms with E-state index in [-0.39, 0.29) is 12.8 Å². The van der Waals surface area contributed by atoms with Gasteiger partial charge in [0.1, 0.15) is 36.6 Å². The Hall–Kier alpha value is -0.960. The minimum atomic E-state index is -5.10. The Kier molecular flexibility index (Phi) is 27.7. The van der Waals surface area contributed by atoms with E-state index in [0.717, 1.165) is 64.2 Å². The number of carbonyl (C=O) groups is 1. The Morgan fingerprint density at radius 2 is 1.08 bits per heavy atom. The van der Waals surface area contributed by atoms with Crippen LogP contribution in [0.1, 0.15) is 162 Å². The topological polar surface area (TPSA) is 226 Å². The second kappa shape index (κ2) is 29.3. The van der Waals surface area contributed by atoms with Crippen LogP contribution in [-0.4, -0.2) is 108 Å². The highest BCUT2D eigenvalue weighted by molar-refractivity contribution is 7.47. The minimum Gasteiger partial charge on any atom is -0.393 e. The zero-order valence-electron chi connectivity index (χ0n) is 32.0. The smallest absolute Gasteiger partial charge is 0.393 e. The van der Waals surface area contributed by atoms with Crippen LogP contribution in [0.2, 0.25) is 0 Å². The zero-order chi connectivity index (χ0) is 38.8. The van der Waals surface area contributed by atoms with E-state index in [1.807, 2.05) is 0 Å². The first-order valence-corrected chi connectivity index (χ1v) is 21.7. The van der Waals surface area contributed by atoms with E-state index >= 15 is 0 Å². The molecule has 1 rings (SSSR count). The normalized spacial score (nSPS) is 25.2. The fourth-order valence-electron chi connectivity index (χ4n) is 6.47. The van der Waals surface area contributed by atoms with Crippen LogP contribution < -0.4 is 5.32 Å². The molecule has 0 aliphatic heterocycles. The second-order valence-electron chi connectivity index (χ2n) is 14.7. The lowest BCUT2D eigenvalue weighted by atomic mass is 9.85. The molecule has 13 nitrogen and oxygen atoms in total. The number of hydrogen-bond acceptors (Lipinski definition) is 11. The number of unbranched alkanes of at least 4 members (excludes halogenated alkanes) is 17. The van der Waals surface area contributed by atoms with E-state index in [9.17, 15) is 50.0 Å². The van der Waals surface area contributed by atoms with Crippen LogP contribution in [0.3, 0.4) is 0 Å². The lowest BCUT2D eigenvalue weighted by Crippen LogP contribution is -2.64. The second-order valence-corrected chi connectivity index (χ2v) is 16.1. The molecule has 308 valence electrons. The summed E-state index contributed by atoms with van der Waals surface area (Å²) in [7, 11) is -5.10. The first kappa shape index (κ1) is 49.1. The van der Waals surface area contributed by atoms with Crippen LogP contribution in [0.4, 0.5) is 0 Å². The predicted molar refractivity (Wildman–Crippen MR) is 201 cm³/mol. The first-order chi connectivity index (χ1) is 24.8. The van der Waals surface area contributed by atoms with Gasteiger partial charge in [-0.1, -0.05) is 129 Å². The van der Waals surface area contributed by atoms with Gasteiger partial charge in [0, 0.05) is 0 Å². The zero-order valence-corrected chi connectivity index (χ0v) is 32.9. The van der Waals surface area contributed by atoms with Gasteiger partial charge >= 0.3 is 7.82 Å². The van der Waals surface area contributed by atoms with E-state index in [1.54, 1.807) is 0 Å². The lowest BCUT2D eigenvalue weighted by molar-refractivity contribution is -0.220. The number of amides is 1. The first-order valence-electron chi connectivity index (χ1n) is 20.2. The van der Waals surface area contributed by atoms with Gasteiger partial charge in [0.2, 0.25) is 5.91 Å². The molecule has 0 radical (unpaired) electrons. The third-order valence-electron chi connectivity index (χ3n) is 9.88. The Bertz CT molecular complexity index is 958. The lowest BCUT2D eigenvalue weighted by Gasteiger charge is -2.41. The number of phosphoric ester groups is 1. The number of aliphatic hydroxyl groups excluding tert-OH is 7. The maximum atomic E-state index is 12.9. The average Bonchev–Trinajstić information content (AvgIpc) is 3.11. The largest absolute Gasteiger partial charge is 0.472 e. The third-order valence-corrected chi connectivity index (χ3v) is 10.9. The Morgan fingerprint density at radius 1 is 0.654 bits per heavy atom. The SMILES string of the molecule is CCCCCCCCC/C=C\CCCCCC(O)CC(=O)NC(COP(=O)(O)OC1C(O)C(O)C(O)C(O)C1O)C(O)CCCCCCCCCC. The molecule has 0 saturated heterocycles. The Balaban J connectivity index is 2.57. The molecule has 1 aliphatic rings. The average molecular weight is 768 g/mol. The predicted octanol–water partition coefficient (Wildman–Crippen LogP) is 5.08. The Morgan fingerprint density at radius 3 is 1.60 bits per heavy atom. The minimum absolute atomic E-state index is 0.231. The number of aliphatic hydroxyl groups is 7. The van der Waals surface area contributed by atoms with E-state index in [1.165, 1.54) is 57.8 Å². The highest BCUT2D eigenvalue weighted by Gasteiger charge is 2.51. The molecule has 1 aliphatic carbocycles. The number of allylic oxidation sites excluding steroid dienone is 2. The van der Waals surface area contributed by atoms with E-state index in [0.29, 0.717) is 12.8 Å². The molecule has 0 bridgehead atoms. The van der Waals surface area contributed by atoms with Crippen molar-refractivity contribution >= 4 is 13.7 Å². The van der Waals surface area contributed by atoms with Crippen molar-refractivity contribution in [3.05, 3.63) is 12.2 Å². The molecular formula is C38H74NO12P. The van der Waals surface area contributed by atoms with Crippen LogP contribution in [0.5, 0.6) is 0 Å². The number of rotatable bonds is 32. The number of nitrogens with one attached hydrogen (secondary N) is 1. The highest BCUT2D eigenvalue weighted by Crippen LogP contribution is 2.47. The van der Waals surface area contributed by atoms with Gasteiger partial charge in [-0.05, 0) is 38.5 Å². The monoisotopic (exact) mass is 767 g/mol. The van der Waals surface area contributed by atoms with Crippen LogP contribution >= 0.6 is 7.82 Å². The molecule has 1 fully saturated rings. The quantitative estimate of drug-likeness (QED) is 0.0248. The van der Waals surface area contributed by atoms with Gasteiger partial charge in [-0.2, -0.15) is 0 Å².